The Balaban J connectivity index is 1.48. The second kappa shape index (κ2) is 10.6. The molecule has 0 bridgehead atoms. The Labute approximate surface area is 196 Å². The number of aromatic nitrogens is 1. The first-order valence-corrected chi connectivity index (χ1v) is 11.9. The summed E-state index contributed by atoms with van der Waals surface area (Å²) in [7, 11) is 0. The number of amides is 2. The van der Waals surface area contributed by atoms with Crippen molar-refractivity contribution in [3.05, 3.63) is 82.3 Å². The molecule has 0 saturated carbocycles. The van der Waals surface area contributed by atoms with E-state index in [4.69, 9.17) is 11.6 Å². The van der Waals surface area contributed by atoms with Crippen LogP contribution in [0.2, 0.25) is 5.02 Å². The molecule has 4 rings (SSSR count). The molecule has 0 spiro atoms. The van der Waals surface area contributed by atoms with Crippen molar-refractivity contribution in [1.29, 1.82) is 0 Å². The number of nitrogens with zero attached hydrogens (tertiary/aromatic N) is 3. The van der Waals surface area contributed by atoms with Crippen LogP contribution in [0, 0.1) is 0 Å². The lowest BCUT2D eigenvalue weighted by atomic mass is 10.0. The average Bonchev–Trinajstić information content (AvgIpc) is 3.24. The predicted molar refractivity (Wildman–Crippen MR) is 128 cm³/mol. The molecular formula is C24H25ClN4O2S. The maximum absolute atomic E-state index is 13.5. The molecule has 166 valence electrons. The lowest BCUT2D eigenvalue weighted by Gasteiger charge is -2.27. The topological polar surface area (TPSA) is 65.5 Å². The van der Waals surface area contributed by atoms with Crippen LogP contribution in [0.25, 0.3) is 0 Å². The maximum Gasteiger partial charge on any atom is 0.251 e. The number of hydrogen-bond donors (Lipinski definition) is 1. The SMILES string of the molecule is O=C(NC(Cc1ccccc1)C(=O)N1CCCN(c2nccs2)CC1)c1ccc(Cl)cc1. The minimum atomic E-state index is -0.646. The lowest BCUT2D eigenvalue weighted by molar-refractivity contribution is -0.133. The van der Waals surface area contributed by atoms with E-state index < -0.39 is 6.04 Å². The Bertz CT molecular complexity index is 1030. The summed E-state index contributed by atoms with van der Waals surface area (Å²) in [5.41, 5.74) is 1.48. The zero-order chi connectivity index (χ0) is 22.3. The Morgan fingerprint density at radius 1 is 1.03 bits per heavy atom. The number of thiazole rings is 1. The number of nitrogens with one attached hydrogen (secondary N) is 1. The highest BCUT2D eigenvalue weighted by Gasteiger charge is 2.28. The summed E-state index contributed by atoms with van der Waals surface area (Å²) in [4.78, 5) is 34.9. The van der Waals surface area contributed by atoms with Crippen molar-refractivity contribution in [3.8, 4) is 0 Å². The van der Waals surface area contributed by atoms with Crippen molar-refractivity contribution in [1.82, 2.24) is 15.2 Å². The summed E-state index contributed by atoms with van der Waals surface area (Å²) in [6.07, 6.45) is 3.09. The summed E-state index contributed by atoms with van der Waals surface area (Å²) >= 11 is 7.55. The fourth-order valence-corrected chi connectivity index (χ4v) is 4.64. The van der Waals surface area contributed by atoms with Crippen molar-refractivity contribution in [3.63, 3.8) is 0 Å². The smallest absolute Gasteiger partial charge is 0.251 e. The van der Waals surface area contributed by atoms with Crippen LogP contribution in [0.1, 0.15) is 22.3 Å². The number of hydrogen-bond acceptors (Lipinski definition) is 5. The van der Waals surface area contributed by atoms with Crippen LogP contribution in [0.3, 0.4) is 0 Å². The van der Waals surface area contributed by atoms with E-state index in [-0.39, 0.29) is 11.8 Å². The monoisotopic (exact) mass is 468 g/mol. The molecule has 32 heavy (non-hydrogen) atoms. The van der Waals surface area contributed by atoms with E-state index in [0.717, 1.165) is 30.2 Å². The summed E-state index contributed by atoms with van der Waals surface area (Å²) in [5.74, 6) is -0.340. The largest absolute Gasteiger partial charge is 0.346 e. The van der Waals surface area contributed by atoms with Gasteiger partial charge in [-0.05, 0) is 36.2 Å². The number of carbonyl (C=O) groups is 2. The van der Waals surface area contributed by atoms with Gasteiger partial charge in [-0.3, -0.25) is 9.59 Å². The lowest BCUT2D eigenvalue weighted by Crippen LogP contribution is -2.50. The minimum absolute atomic E-state index is 0.0582. The number of halogens is 1. The summed E-state index contributed by atoms with van der Waals surface area (Å²) in [6.45, 7) is 2.84. The van der Waals surface area contributed by atoms with E-state index in [2.05, 4.69) is 15.2 Å². The van der Waals surface area contributed by atoms with Gasteiger partial charge >= 0.3 is 0 Å². The van der Waals surface area contributed by atoms with Gasteiger partial charge in [0.15, 0.2) is 5.13 Å². The van der Waals surface area contributed by atoms with Crippen LogP contribution < -0.4 is 10.2 Å². The molecule has 2 amide bonds. The van der Waals surface area contributed by atoms with E-state index in [1.54, 1.807) is 41.8 Å². The minimum Gasteiger partial charge on any atom is -0.346 e. The first kappa shape index (κ1) is 22.3. The zero-order valence-electron chi connectivity index (χ0n) is 17.6. The Kier molecular flexibility index (Phi) is 7.39. The molecule has 2 heterocycles. The molecule has 0 radical (unpaired) electrons. The van der Waals surface area contributed by atoms with Gasteiger partial charge in [0, 0.05) is 54.8 Å². The fourth-order valence-electron chi connectivity index (χ4n) is 3.81. The average molecular weight is 469 g/mol. The van der Waals surface area contributed by atoms with E-state index in [1.807, 2.05) is 40.6 Å². The maximum atomic E-state index is 13.5. The first-order chi connectivity index (χ1) is 15.6. The summed E-state index contributed by atoms with van der Waals surface area (Å²) < 4.78 is 0. The molecule has 0 aliphatic carbocycles. The molecule has 1 unspecified atom stereocenters. The molecule has 6 nitrogen and oxygen atoms in total. The molecule has 1 saturated heterocycles. The van der Waals surface area contributed by atoms with E-state index in [1.165, 1.54) is 0 Å². The van der Waals surface area contributed by atoms with Gasteiger partial charge in [-0.15, -0.1) is 11.3 Å². The van der Waals surface area contributed by atoms with Crippen molar-refractivity contribution < 1.29 is 9.59 Å². The molecule has 1 atom stereocenters. The molecule has 1 fully saturated rings. The van der Waals surface area contributed by atoms with Crippen LogP contribution >= 0.6 is 22.9 Å². The number of rotatable bonds is 6. The van der Waals surface area contributed by atoms with Crippen LogP contribution in [-0.4, -0.2) is 53.9 Å². The van der Waals surface area contributed by atoms with Crippen molar-refractivity contribution in [2.24, 2.45) is 0 Å². The predicted octanol–water partition coefficient (Wildman–Crippen LogP) is 3.88. The third-order valence-corrected chi connectivity index (χ3v) is 6.57. The highest BCUT2D eigenvalue weighted by Crippen LogP contribution is 2.19. The van der Waals surface area contributed by atoms with E-state index in [0.29, 0.717) is 30.1 Å². The quantitative estimate of drug-likeness (QED) is 0.596. The van der Waals surface area contributed by atoms with Gasteiger partial charge in [0.05, 0.1) is 0 Å². The van der Waals surface area contributed by atoms with Crippen LogP contribution in [0.15, 0.2) is 66.2 Å². The zero-order valence-corrected chi connectivity index (χ0v) is 19.2. The number of carbonyl (C=O) groups excluding carboxylic acids is 2. The van der Waals surface area contributed by atoms with Gasteiger partial charge in [0.2, 0.25) is 5.91 Å². The Morgan fingerprint density at radius 3 is 2.53 bits per heavy atom. The highest BCUT2D eigenvalue weighted by atomic mass is 35.5. The molecule has 1 aliphatic heterocycles. The van der Waals surface area contributed by atoms with Crippen molar-refractivity contribution in [2.75, 3.05) is 31.1 Å². The van der Waals surface area contributed by atoms with Crippen molar-refractivity contribution >= 4 is 39.9 Å². The van der Waals surface area contributed by atoms with E-state index in [9.17, 15) is 9.59 Å². The number of anilines is 1. The summed E-state index contributed by atoms with van der Waals surface area (Å²) in [6, 6.07) is 15.8. The van der Waals surface area contributed by atoms with E-state index >= 15 is 0 Å². The van der Waals surface area contributed by atoms with Gasteiger partial charge in [0.1, 0.15) is 6.04 Å². The molecule has 2 aromatic carbocycles. The fraction of sp³-hybridized carbons (Fsp3) is 0.292. The van der Waals surface area contributed by atoms with Gasteiger partial charge in [0.25, 0.3) is 5.91 Å². The molecule has 1 aliphatic rings. The van der Waals surface area contributed by atoms with Gasteiger partial charge in [-0.1, -0.05) is 41.9 Å². The first-order valence-electron chi connectivity index (χ1n) is 10.6. The molecule has 1 aromatic heterocycles. The second-order valence-corrected chi connectivity index (χ2v) is 9.01. The summed E-state index contributed by atoms with van der Waals surface area (Å²) in [5, 5.41) is 6.47. The van der Waals surface area contributed by atoms with Gasteiger partial charge in [-0.2, -0.15) is 0 Å². The standard InChI is InChI=1S/C24H25ClN4O2S/c25-20-9-7-19(8-10-20)22(30)27-21(17-18-5-2-1-3-6-18)23(31)28-12-4-13-29(15-14-28)24-26-11-16-32-24/h1-3,5-11,16,21H,4,12-15,17H2,(H,27,30). The third-order valence-electron chi connectivity index (χ3n) is 5.49. The van der Waals surface area contributed by atoms with Crippen LogP contribution in [-0.2, 0) is 11.2 Å². The normalized spacial score (nSPS) is 15.2. The van der Waals surface area contributed by atoms with Crippen LogP contribution in [0.4, 0.5) is 5.13 Å². The molecule has 8 heteroatoms. The number of benzene rings is 2. The van der Waals surface area contributed by atoms with Gasteiger partial charge < -0.3 is 15.1 Å². The third kappa shape index (κ3) is 5.66. The molecule has 1 N–H and O–H groups in total. The Morgan fingerprint density at radius 2 is 1.81 bits per heavy atom. The molecule has 3 aromatic rings. The van der Waals surface area contributed by atoms with Crippen LogP contribution in [0.5, 0.6) is 0 Å². The Hall–Kier alpha value is -2.90. The highest BCUT2D eigenvalue weighted by molar-refractivity contribution is 7.13. The van der Waals surface area contributed by atoms with Gasteiger partial charge in [-0.25, -0.2) is 4.98 Å². The second-order valence-electron chi connectivity index (χ2n) is 7.70. The van der Waals surface area contributed by atoms with Crippen molar-refractivity contribution in [2.45, 2.75) is 18.9 Å². The molecular weight excluding hydrogens is 444 g/mol.